The number of carbonyl (C=O) groups is 1. The molecule has 0 aliphatic carbocycles. The van der Waals surface area contributed by atoms with Gasteiger partial charge >= 0.3 is 0 Å². The highest BCUT2D eigenvalue weighted by Gasteiger charge is 2.24. The number of carbonyl (C=O) groups excluding carboxylic acids is 1. The van der Waals surface area contributed by atoms with Crippen molar-refractivity contribution in [1.29, 1.82) is 0 Å². The molecule has 1 aliphatic rings. The first-order chi connectivity index (χ1) is 12.7. The molecule has 0 unspecified atom stereocenters. The molecule has 26 heavy (non-hydrogen) atoms. The van der Waals surface area contributed by atoms with Gasteiger partial charge in [0.05, 0.1) is 5.39 Å². The van der Waals surface area contributed by atoms with E-state index < -0.39 is 0 Å². The van der Waals surface area contributed by atoms with Crippen molar-refractivity contribution >= 4 is 28.2 Å². The van der Waals surface area contributed by atoms with Crippen LogP contribution in [0.25, 0.3) is 11.0 Å². The van der Waals surface area contributed by atoms with Gasteiger partial charge in [0, 0.05) is 43.7 Å². The van der Waals surface area contributed by atoms with Crippen molar-refractivity contribution < 1.29 is 9.21 Å². The molecule has 3 aromatic rings. The van der Waals surface area contributed by atoms with E-state index in [-0.39, 0.29) is 17.1 Å². The maximum absolute atomic E-state index is 12.7. The van der Waals surface area contributed by atoms with E-state index in [1.165, 1.54) is 10.9 Å². The van der Waals surface area contributed by atoms with E-state index in [0.29, 0.717) is 24.1 Å². The number of amides is 1. The summed E-state index contributed by atoms with van der Waals surface area (Å²) < 4.78 is 5.68. The molecule has 1 aliphatic heterocycles. The van der Waals surface area contributed by atoms with Gasteiger partial charge in [0.2, 0.25) is 0 Å². The molecule has 1 saturated heterocycles. The standard InChI is InChI=1S/C20H20N2O3S/c23-17-14-19(25-18-6-2-1-5-16(17)18)20(24)22-11-9-21(10-12-22)8-7-15-4-3-13-26-15/h1-6,13-14H,7-12H2. The smallest absolute Gasteiger partial charge is 0.289 e. The summed E-state index contributed by atoms with van der Waals surface area (Å²) >= 11 is 1.78. The first kappa shape index (κ1) is 17.0. The number of piperazine rings is 1. The zero-order chi connectivity index (χ0) is 17.9. The lowest BCUT2D eigenvalue weighted by Gasteiger charge is -2.34. The molecule has 1 amide bonds. The zero-order valence-corrected chi connectivity index (χ0v) is 15.2. The van der Waals surface area contributed by atoms with Crippen molar-refractivity contribution in [1.82, 2.24) is 9.80 Å². The Labute approximate surface area is 155 Å². The van der Waals surface area contributed by atoms with Crippen LogP contribution in [-0.2, 0) is 6.42 Å². The third-order valence-corrected chi connectivity index (χ3v) is 5.70. The number of benzene rings is 1. The number of hydrogen-bond acceptors (Lipinski definition) is 5. The Morgan fingerprint density at radius 2 is 1.88 bits per heavy atom. The van der Waals surface area contributed by atoms with Gasteiger partial charge < -0.3 is 9.32 Å². The monoisotopic (exact) mass is 368 g/mol. The van der Waals surface area contributed by atoms with Gasteiger partial charge in [0.1, 0.15) is 5.58 Å². The summed E-state index contributed by atoms with van der Waals surface area (Å²) in [4.78, 5) is 30.5. The van der Waals surface area contributed by atoms with Crippen molar-refractivity contribution in [2.75, 3.05) is 32.7 Å². The minimum Gasteiger partial charge on any atom is -0.451 e. The second kappa shape index (κ2) is 7.43. The van der Waals surface area contributed by atoms with Gasteiger partial charge in [0.25, 0.3) is 5.91 Å². The fourth-order valence-corrected chi connectivity index (χ4v) is 3.96. The van der Waals surface area contributed by atoms with E-state index in [2.05, 4.69) is 22.4 Å². The Bertz CT molecular complexity index is 957. The Balaban J connectivity index is 1.40. The Hall–Kier alpha value is -2.44. The van der Waals surface area contributed by atoms with E-state index in [0.717, 1.165) is 26.1 Å². The second-order valence-electron chi connectivity index (χ2n) is 6.43. The van der Waals surface area contributed by atoms with Crippen LogP contribution >= 0.6 is 11.3 Å². The minimum absolute atomic E-state index is 0.126. The summed E-state index contributed by atoms with van der Waals surface area (Å²) in [5, 5.41) is 2.60. The maximum Gasteiger partial charge on any atom is 0.289 e. The van der Waals surface area contributed by atoms with Crippen LogP contribution in [0.3, 0.4) is 0 Å². The average molecular weight is 368 g/mol. The van der Waals surface area contributed by atoms with Crippen LogP contribution in [0.2, 0.25) is 0 Å². The van der Waals surface area contributed by atoms with Crippen molar-refractivity contribution in [3.05, 3.63) is 68.7 Å². The molecule has 0 spiro atoms. The van der Waals surface area contributed by atoms with Gasteiger partial charge in [-0.1, -0.05) is 18.2 Å². The number of fused-ring (bicyclic) bond motifs is 1. The van der Waals surface area contributed by atoms with Gasteiger partial charge in [-0.3, -0.25) is 14.5 Å². The van der Waals surface area contributed by atoms with Crippen LogP contribution < -0.4 is 5.43 Å². The number of para-hydroxylation sites is 1. The molecule has 0 radical (unpaired) electrons. The van der Waals surface area contributed by atoms with E-state index in [4.69, 9.17) is 4.42 Å². The van der Waals surface area contributed by atoms with Crippen molar-refractivity contribution in [2.45, 2.75) is 6.42 Å². The molecular formula is C20H20N2O3S. The molecular weight excluding hydrogens is 348 g/mol. The summed E-state index contributed by atoms with van der Waals surface area (Å²) in [6.45, 7) is 4.00. The van der Waals surface area contributed by atoms with Gasteiger partial charge in [-0.15, -0.1) is 11.3 Å². The summed E-state index contributed by atoms with van der Waals surface area (Å²) in [6.07, 6.45) is 1.05. The molecule has 3 heterocycles. The fraction of sp³-hybridized carbons (Fsp3) is 0.300. The molecule has 134 valence electrons. The lowest BCUT2D eigenvalue weighted by molar-refractivity contribution is 0.0608. The van der Waals surface area contributed by atoms with Gasteiger partial charge in [0.15, 0.2) is 11.2 Å². The van der Waals surface area contributed by atoms with E-state index >= 15 is 0 Å². The van der Waals surface area contributed by atoms with Crippen molar-refractivity contribution in [2.24, 2.45) is 0 Å². The van der Waals surface area contributed by atoms with Crippen LogP contribution in [0, 0.1) is 0 Å². The zero-order valence-electron chi connectivity index (χ0n) is 14.4. The highest BCUT2D eigenvalue weighted by atomic mass is 32.1. The van der Waals surface area contributed by atoms with Crippen LogP contribution in [-0.4, -0.2) is 48.4 Å². The Morgan fingerprint density at radius 3 is 2.65 bits per heavy atom. The first-order valence-electron chi connectivity index (χ1n) is 8.77. The SMILES string of the molecule is O=C(c1cc(=O)c2ccccc2o1)N1CCN(CCc2cccs2)CC1. The van der Waals surface area contributed by atoms with Gasteiger partial charge in [-0.25, -0.2) is 0 Å². The van der Waals surface area contributed by atoms with Crippen molar-refractivity contribution in [3.63, 3.8) is 0 Å². The highest BCUT2D eigenvalue weighted by Crippen LogP contribution is 2.15. The fourth-order valence-electron chi connectivity index (χ4n) is 3.26. The lowest BCUT2D eigenvalue weighted by atomic mass is 10.2. The molecule has 5 nitrogen and oxygen atoms in total. The molecule has 4 rings (SSSR count). The number of thiophene rings is 1. The van der Waals surface area contributed by atoms with Crippen LogP contribution in [0.15, 0.2) is 57.1 Å². The van der Waals surface area contributed by atoms with E-state index in [9.17, 15) is 9.59 Å². The van der Waals surface area contributed by atoms with E-state index in [1.807, 2.05) is 0 Å². The molecule has 1 aromatic carbocycles. The third-order valence-electron chi connectivity index (χ3n) is 4.76. The average Bonchev–Trinajstić information content (AvgIpc) is 3.20. The number of hydrogen-bond donors (Lipinski definition) is 0. The van der Waals surface area contributed by atoms with Gasteiger partial charge in [-0.05, 0) is 30.0 Å². The van der Waals surface area contributed by atoms with Crippen LogP contribution in [0.4, 0.5) is 0 Å². The van der Waals surface area contributed by atoms with Gasteiger partial charge in [-0.2, -0.15) is 0 Å². The normalized spacial score (nSPS) is 15.5. The quantitative estimate of drug-likeness (QED) is 0.711. The lowest BCUT2D eigenvalue weighted by Crippen LogP contribution is -2.49. The Kier molecular flexibility index (Phi) is 4.86. The number of rotatable bonds is 4. The molecule has 0 bridgehead atoms. The van der Waals surface area contributed by atoms with Crippen LogP contribution in [0.1, 0.15) is 15.4 Å². The topological polar surface area (TPSA) is 53.8 Å². The molecule has 2 aromatic heterocycles. The first-order valence-corrected chi connectivity index (χ1v) is 9.65. The molecule has 0 N–H and O–H groups in total. The van der Waals surface area contributed by atoms with Crippen LogP contribution in [0.5, 0.6) is 0 Å². The third kappa shape index (κ3) is 3.57. The summed E-state index contributed by atoms with van der Waals surface area (Å²) in [5.74, 6) is -0.0773. The molecule has 6 heteroatoms. The van der Waals surface area contributed by atoms with E-state index in [1.54, 1.807) is 40.5 Å². The summed E-state index contributed by atoms with van der Waals surface area (Å²) in [5.41, 5.74) is 0.280. The summed E-state index contributed by atoms with van der Waals surface area (Å²) in [7, 11) is 0. The molecule has 0 atom stereocenters. The largest absolute Gasteiger partial charge is 0.451 e. The Morgan fingerprint density at radius 1 is 1.08 bits per heavy atom. The predicted molar refractivity (Wildman–Crippen MR) is 103 cm³/mol. The molecule has 1 fully saturated rings. The second-order valence-corrected chi connectivity index (χ2v) is 7.47. The predicted octanol–water partition coefficient (Wildman–Crippen LogP) is 2.86. The maximum atomic E-state index is 12.7. The minimum atomic E-state index is -0.203. The summed E-state index contributed by atoms with van der Waals surface area (Å²) in [6, 6.07) is 12.6. The molecule has 0 saturated carbocycles. The van der Waals surface area contributed by atoms with Crippen molar-refractivity contribution in [3.8, 4) is 0 Å². The highest BCUT2D eigenvalue weighted by molar-refractivity contribution is 7.09. The number of nitrogens with zero attached hydrogens (tertiary/aromatic N) is 2.